The van der Waals surface area contributed by atoms with Crippen molar-refractivity contribution in [3.63, 3.8) is 0 Å². The third-order valence-electron chi connectivity index (χ3n) is 7.78. The largest absolute Gasteiger partial charge is 0.416 e. The fourth-order valence-corrected chi connectivity index (χ4v) is 5.42. The molecule has 1 aliphatic heterocycles. The standard InChI is InChI=1S/C33H26F6N4O/c34-32(35,36)26-12-9-23(10-13-26)31(44)42-17-15-41(16-18-42)21-28-30(22-5-2-1-3-6-22)40-29-14-11-25(20-43(28)29)24-7-4-8-27(19-24)33(37,38)39/h1-14,19-20H,15-18,21H2. The maximum atomic E-state index is 13.4. The minimum atomic E-state index is -4.47. The molecule has 0 unspecified atom stereocenters. The zero-order chi connectivity index (χ0) is 31.1. The molecule has 0 bridgehead atoms. The predicted molar refractivity (Wildman–Crippen MR) is 154 cm³/mol. The van der Waals surface area contributed by atoms with E-state index in [1.54, 1.807) is 29.3 Å². The van der Waals surface area contributed by atoms with Gasteiger partial charge in [-0.2, -0.15) is 26.3 Å². The van der Waals surface area contributed by atoms with E-state index in [-0.39, 0.29) is 11.5 Å². The fraction of sp³-hybridized carbons (Fsp3) is 0.212. The summed E-state index contributed by atoms with van der Waals surface area (Å²) in [4.78, 5) is 21.6. The van der Waals surface area contributed by atoms with Crippen LogP contribution in [0.5, 0.6) is 0 Å². The Kier molecular flexibility index (Phi) is 7.66. The van der Waals surface area contributed by atoms with Crippen LogP contribution >= 0.6 is 0 Å². The Labute approximate surface area is 249 Å². The average molecular weight is 609 g/mol. The minimum Gasteiger partial charge on any atom is -0.336 e. The maximum Gasteiger partial charge on any atom is 0.416 e. The number of amides is 1. The van der Waals surface area contributed by atoms with Gasteiger partial charge < -0.3 is 9.30 Å². The lowest BCUT2D eigenvalue weighted by Crippen LogP contribution is -2.48. The van der Waals surface area contributed by atoms with Crippen molar-refractivity contribution in [3.05, 3.63) is 120 Å². The van der Waals surface area contributed by atoms with Gasteiger partial charge in [-0.1, -0.05) is 42.5 Å². The number of halogens is 6. The van der Waals surface area contributed by atoms with Crippen molar-refractivity contribution in [1.82, 2.24) is 19.2 Å². The first kappa shape index (κ1) is 29.4. The van der Waals surface area contributed by atoms with Crippen molar-refractivity contribution in [1.29, 1.82) is 0 Å². The van der Waals surface area contributed by atoms with Crippen molar-refractivity contribution in [2.75, 3.05) is 26.2 Å². The summed E-state index contributed by atoms with van der Waals surface area (Å²) in [5.74, 6) is -0.330. The third-order valence-corrected chi connectivity index (χ3v) is 7.78. The highest BCUT2D eigenvalue weighted by Crippen LogP contribution is 2.34. The van der Waals surface area contributed by atoms with E-state index in [1.807, 2.05) is 34.7 Å². The Morgan fingerprint density at radius 2 is 1.34 bits per heavy atom. The minimum absolute atomic E-state index is 0.196. The number of rotatable bonds is 5. The summed E-state index contributed by atoms with van der Waals surface area (Å²) >= 11 is 0. The van der Waals surface area contributed by atoms with Crippen molar-refractivity contribution >= 4 is 11.6 Å². The van der Waals surface area contributed by atoms with E-state index in [9.17, 15) is 31.1 Å². The summed E-state index contributed by atoms with van der Waals surface area (Å²) in [6.07, 6.45) is -7.14. The van der Waals surface area contributed by atoms with Gasteiger partial charge in [0.2, 0.25) is 0 Å². The zero-order valence-corrected chi connectivity index (χ0v) is 23.2. The van der Waals surface area contributed by atoms with Crippen LogP contribution in [-0.4, -0.2) is 51.3 Å². The van der Waals surface area contributed by atoms with Crippen molar-refractivity contribution < 1.29 is 31.1 Å². The third kappa shape index (κ3) is 6.05. The SMILES string of the molecule is O=C(c1ccc(C(F)(F)F)cc1)N1CCN(Cc2c(-c3ccccc3)nc3ccc(-c4cccc(C(F)(F)F)c4)cn23)CC1. The molecular weight excluding hydrogens is 582 g/mol. The Bertz CT molecular complexity index is 1790. The molecule has 5 nitrogen and oxygen atoms in total. The molecule has 2 aromatic heterocycles. The second-order valence-corrected chi connectivity index (χ2v) is 10.6. The highest BCUT2D eigenvalue weighted by molar-refractivity contribution is 5.94. The number of nitrogens with zero attached hydrogens (tertiary/aromatic N) is 4. The Hall–Kier alpha value is -4.64. The molecule has 1 aliphatic rings. The lowest BCUT2D eigenvalue weighted by Gasteiger charge is -2.34. The second kappa shape index (κ2) is 11.5. The summed E-state index contributed by atoms with van der Waals surface area (Å²) in [7, 11) is 0. The number of aromatic nitrogens is 2. The normalized spacial score (nSPS) is 14.7. The summed E-state index contributed by atoms with van der Waals surface area (Å²) < 4.78 is 80.9. The number of hydrogen-bond acceptors (Lipinski definition) is 3. The van der Waals surface area contributed by atoms with Gasteiger partial charge in [0.1, 0.15) is 5.65 Å². The molecular formula is C33H26F6N4O. The van der Waals surface area contributed by atoms with Crippen LogP contribution in [0, 0.1) is 0 Å². The first-order valence-corrected chi connectivity index (χ1v) is 13.9. The Morgan fingerprint density at radius 3 is 2.00 bits per heavy atom. The first-order valence-electron chi connectivity index (χ1n) is 13.9. The molecule has 44 heavy (non-hydrogen) atoms. The van der Waals surface area contributed by atoms with E-state index in [2.05, 4.69) is 4.90 Å². The van der Waals surface area contributed by atoms with Gasteiger partial charge in [-0.3, -0.25) is 9.69 Å². The molecule has 3 aromatic carbocycles. The number of carbonyl (C=O) groups excluding carboxylic acids is 1. The molecule has 11 heteroatoms. The van der Waals surface area contributed by atoms with Crippen LogP contribution < -0.4 is 0 Å². The lowest BCUT2D eigenvalue weighted by atomic mass is 10.0. The van der Waals surface area contributed by atoms with Crippen LogP contribution in [0.3, 0.4) is 0 Å². The highest BCUT2D eigenvalue weighted by Gasteiger charge is 2.32. The summed E-state index contributed by atoms with van der Waals surface area (Å²) in [6, 6.07) is 22.5. The smallest absolute Gasteiger partial charge is 0.336 e. The van der Waals surface area contributed by atoms with Gasteiger partial charge in [-0.05, 0) is 59.7 Å². The molecule has 0 spiro atoms. The van der Waals surface area contributed by atoms with Crippen LogP contribution in [-0.2, 0) is 18.9 Å². The molecule has 0 saturated carbocycles. The van der Waals surface area contributed by atoms with Gasteiger partial charge in [0.25, 0.3) is 5.91 Å². The molecule has 5 aromatic rings. The van der Waals surface area contributed by atoms with E-state index in [1.165, 1.54) is 18.2 Å². The number of piperazine rings is 1. The molecule has 0 N–H and O–H groups in total. The first-order chi connectivity index (χ1) is 21.0. The van der Waals surface area contributed by atoms with Crippen LogP contribution in [0.25, 0.3) is 28.0 Å². The molecule has 226 valence electrons. The van der Waals surface area contributed by atoms with Gasteiger partial charge in [0.15, 0.2) is 0 Å². The van der Waals surface area contributed by atoms with Gasteiger partial charge in [-0.15, -0.1) is 0 Å². The van der Waals surface area contributed by atoms with Crippen molar-refractivity contribution in [2.45, 2.75) is 18.9 Å². The molecule has 1 saturated heterocycles. The zero-order valence-electron chi connectivity index (χ0n) is 23.2. The highest BCUT2D eigenvalue weighted by atomic mass is 19.4. The number of pyridine rings is 1. The molecule has 3 heterocycles. The number of imidazole rings is 1. The van der Waals surface area contributed by atoms with E-state index < -0.39 is 23.5 Å². The van der Waals surface area contributed by atoms with Gasteiger partial charge in [0.05, 0.1) is 22.5 Å². The average Bonchev–Trinajstić information content (AvgIpc) is 3.38. The van der Waals surface area contributed by atoms with E-state index >= 15 is 0 Å². The van der Waals surface area contributed by atoms with E-state index in [0.717, 1.165) is 41.2 Å². The summed E-state index contributed by atoms with van der Waals surface area (Å²) in [5.41, 5.74) is 2.83. The van der Waals surface area contributed by atoms with Crippen LogP contribution in [0.4, 0.5) is 26.3 Å². The van der Waals surface area contributed by atoms with Gasteiger partial charge in [0, 0.05) is 50.0 Å². The maximum absolute atomic E-state index is 13.4. The van der Waals surface area contributed by atoms with Crippen LogP contribution in [0.2, 0.25) is 0 Å². The number of benzene rings is 3. The fourth-order valence-electron chi connectivity index (χ4n) is 5.42. The van der Waals surface area contributed by atoms with Crippen molar-refractivity contribution in [3.8, 4) is 22.4 Å². The number of fused-ring (bicyclic) bond motifs is 1. The molecule has 0 aliphatic carbocycles. The van der Waals surface area contributed by atoms with Crippen LogP contribution in [0.1, 0.15) is 27.2 Å². The topological polar surface area (TPSA) is 40.9 Å². The quantitative estimate of drug-likeness (QED) is 0.193. The number of carbonyl (C=O) groups is 1. The molecule has 0 radical (unpaired) electrons. The van der Waals surface area contributed by atoms with E-state index in [0.29, 0.717) is 49.5 Å². The molecule has 6 rings (SSSR count). The molecule has 1 fully saturated rings. The van der Waals surface area contributed by atoms with Crippen molar-refractivity contribution in [2.24, 2.45) is 0 Å². The predicted octanol–water partition coefficient (Wildman–Crippen LogP) is 7.66. The number of hydrogen-bond donors (Lipinski definition) is 0. The summed E-state index contributed by atoms with van der Waals surface area (Å²) in [5, 5.41) is 0. The lowest BCUT2D eigenvalue weighted by molar-refractivity contribution is -0.138. The van der Waals surface area contributed by atoms with Gasteiger partial charge in [-0.25, -0.2) is 4.98 Å². The monoisotopic (exact) mass is 608 g/mol. The Balaban J connectivity index is 1.26. The Morgan fingerprint density at radius 1 is 0.682 bits per heavy atom. The molecule has 1 amide bonds. The van der Waals surface area contributed by atoms with Crippen LogP contribution in [0.15, 0.2) is 97.2 Å². The number of alkyl halides is 6. The molecule has 0 atom stereocenters. The van der Waals surface area contributed by atoms with E-state index in [4.69, 9.17) is 4.98 Å². The summed E-state index contributed by atoms with van der Waals surface area (Å²) in [6.45, 7) is 2.25. The second-order valence-electron chi connectivity index (χ2n) is 10.6. The van der Waals surface area contributed by atoms with Gasteiger partial charge >= 0.3 is 12.4 Å².